The van der Waals surface area contributed by atoms with E-state index in [1.54, 1.807) is 23.7 Å². The van der Waals surface area contributed by atoms with E-state index in [1.807, 2.05) is 61.5 Å². The summed E-state index contributed by atoms with van der Waals surface area (Å²) in [5.41, 5.74) is 3.69. The van der Waals surface area contributed by atoms with E-state index in [-0.39, 0.29) is 18.2 Å². The van der Waals surface area contributed by atoms with E-state index < -0.39 is 0 Å². The number of para-hydroxylation sites is 1. The molecule has 2 aromatic carbocycles. The Bertz CT molecular complexity index is 857. The number of methoxy groups -OCH3 is 1. The molecule has 1 aromatic heterocycles. The zero-order valence-corrected chi connectivity index (χ0v) is 14.5. The highest BCUT2D eigenvalue weighted by molar-refractivity contribution is 6.05. The first kappa shape index (κ1) is 16.9. The molecule has 0 radical (unpaired) electrons. The van der Waals surface area contributed by atoms with Gasteiger partial charge in [-0.3, -0.25) is 4.79 Å². The molecular formula is C19H20N4O2. The number of carbonyl (C=O) groups is 1. The molecule has 0 unspecified atom stereocenters. The van der Waals surface area contributed by atoms with Crippen molar-refractivity contribution in [1.29, 1.82) is 0 Å². The summed E-state index contributed by atoms with van der Waals surface area (Å²) in [6.07, 6.45) is 0. The topological polar surface area (TPSA) is 60.2 Å². The second kappa shape index (κ2) is 7.27. The zero-order valence-electron chi connectivity index (χ0n) is 14.5. The zero-order chi connectivity index (χ0) is 17.8. The third kappa shape index (κ3) is 3.44. The maximum atomic E-state index is 12.9. The Kier molecular flexibility index (Phi) is 4.90. The number of amides is 1. The number of anilines is 1. The smallest absolute Gasteiger partial charge is 0.280 e. The second-order valence-electron chi connectivity index (χ2n) is 5.76. The number of aromatic nitrogens is 3. The molecule has 0 spiro atoms. The standard InChI is InChI=1S/C19H20N4O2/c1-14-9-11-16(12-10-14)23-17(13-25-3)18(20-21-23)19(24)22(2)15-7-5-4-6-8-15/h4-12H,13H2,1-3H3. The van der Waals surface area contributed by atoms with Crippen LogP contribution in [0.4, 0.5) is 5.69 Å². The highest BCUT2D eigenvalue weighted by atomic mass is 16.5. The van der Waals surface area contributed by atoms with Crippen molar-refractivity contribution < 1.29 is 9.53 Å². The fraction of sp³-hybridized carbons (Fsp3) is 0.211. The Hall–Kier alpha value is -2.99. The van der Waals surface area contributed by atoms with Crippen LogP contribution in [0.15, 0.2) is 54.6 Å². The molecule has 0 aliphatic rings. The van der Waals surface area contributed by atoms with Gasteiger partial charge in [0.15, 0.2) is 5.69 Å². The van der Waals surface area contributed by atoms with E-state index in [0.29, 0.717) is 5.69 Å². The molecular weight excluding hydrogens is 316 g/mol. The Morgan fingerprint density at radius 1 is 1.12 bits per heavy atom. The van der Waals surface area contributed by atoms with Gasteiger partial charge in [0, 0.05) is 19.8 Å². The normalized spacial score (nSPS) is 10.7. The summed E-state index contributed by atoms with van der Waals surface area (Å²) in [7, 11) is 3.31. The SMILES string of the molecule is COCc1c(C(=O)N(C)c2ccccc2)nnn1-c1ccc(C)cc1. The van der Waals surface area contributed by atoms with Crippen LogP contribution in [0, 0.1) is 6.92 Å². The highest BCUT2D eigenvalue weighted by Gasteiger charge is 2.24. The van der Waals surface area contributed by atoms with Gasteiger partial charge in [0.05, 0.1) is 12.3 Å². The molecule has 6 nitrogen and oxygen atoms in total. The maximum absolute atomic E-state index is 12.9. The van der Waals surface area contributed by atoms with E-state index in [1.165, 1.54) is 0 Å². The summed E-state index contributed by atoms with van der Waals surface area (Å²) in [5, 5.41) is 8.29. The van der Waals surface area contributed by atoms with E-state index >= 15 is 0 Å². The number of hydrogen-bond acceptors (Lipinski definition) is 4. The first-order chi connectivity index (χ1) is 12.1. The van der Waals surface area contributed by atoms with Gasteiger partial charge < -0.3 is 9.64 Å². The van der Waals surface area contributed by atoms with E-state index in [4.69, 9.17) is 4.74 Å². The van der Waals surface area contributed by atoms with Gasteiger partial charge >= 0.3 is 0 Å². The van der Waals surface area contributed by atoms with Crippen LogP contribution >= 0.6 is 0 Å². The van der Waals surface area contributed by atoms with Gasteiger partial charge in [-0.25, -0.2) is 4.68 Å². The van der Waals surface area contributed by atoms with Crippen LogP contribution in [0.25, 0.3) is 5.69 Å². The lowest BCUT2D eigenvalue weighted by Gasteiger charge is -2.16. The summed E-state index contributed by atoms with van der Waals surface area (Å²) in [5.74, 6) is -0.225. The first-order valence-corrected chi connectivity index (χ1v) is 7.95. The predicted octanol–water partition coefficient (Wildman–Crippen LogP) is 3.00. The first-order valence-electron chi connectivity index (χ1n) is 7.95. The molecule has 3 rings (SSSR count). The average Bonchev–Trinajstić information content (AvgIpc) is 3.06. The van der Waals surface area contributed by atoms with E-state index in [9.17, 15) is 4.79 Å². The minimum Gasteiger partial charge on any atom is -0.378 e. The predicted molar refractivity (Wildman–Crippen MR) is 96.0 cm³/mol. The third-order valence-corrected chi connectivity index (χ3v) is 3.97. The lowest BCUT2D eigenvalue weighted by molar-refractivity contribution is 0.0983. The maximum Gasteiger partial charge on any atom is 0.280 e. The molecule has 1 heterocycles. The van der Waals surface area contributed by atoms with Gasteiger partial charge in [-0.1, -0.05) is 41.1 Å². The fourth-order valence-electron chi connectivity index (χ4n) is 2.56. The van der Waals surface area contributed by atoms with Crippen LogP contribution in [0.1, 0.15) is 21.7 Å². The summed E-state index contributed by atoms with van der Waals surface area (Å²) >= 11 is 0. The summed E-state index contributed by atoms with van der Waals surface area (Å²) in [6.45, 7) is 2.26. The van der Waals surface area contributed by atoms with Crippen LogP contribution in [-0.2, 0) is 11.3 Å². The quantitative estimate of drug-likeness (QED) is 0.719. The molecule has 0 fully saturated rings. The van der Waals surface area contributed by atoms with Crippen LogP contribution in [-0.4, -0.2) is 35.1 Å². The molecule has 1 amide bonds. The minimum atomic E-state index is -0.225. The van der Waals surface area contributed by atoms with Crippen molar-refractivity contribution in [3.63, 3.8) is 0 Å². The van der Waals surface area contributed by atoms with Crippen LogP contribution < -0.4 is 4.90 Å². The van der Waals surface area contributed by atoms with Gasteiger partial charge in [0.2, 0.25) is 0 Å². The Morgan fingerprint density at radius 2 is 1.80 bits per heavy atom. The summed E-state index contributed by atoms with van der Waals surface area (Å²) in [4.78, 5) is 14.5. The number of carbonyl (C=O) groups excluding carboxylic acids is 1. The molecule has 0 saturated heterocycles. The minimum absolute atomic E-state index is 0.225. The van der Waals surface area contributed by atoms with Crippen molar-refractivity contribution in [2.45, 2.75) is 13.5 Å². The van der Waals surface area contributed by atoms with Crippen molar-refractivity contribution in [3.8, 4) is 5.69 Å². The van der Waals surface area contributed by atoms with Crippen molar-refractivity contribution in [1.82, 2.24) is 15.0 Å². The van der Waals surface area contributed by atoms with Gasteiger partial charge in [-0.2, -0.15) is 0 Å². The molecule has 0 N–H and O–H groups in total. The molecule has 0 atom stereocenters. The molecule has 25 heavy (non-hydrogen) atoms. The molecule has 0 aliphatic carbocycles. The van der Waals surface area contributed by atoms with Gasteiger partial charge in [0.1, 0.15) is 5.69 Å². The number of rotatable bonds is 5. The molecule has 0 saturated carbocycles. The number of benzene rings is 2. The van der Waals surface area contributed by atoms with Crippen molar-refractivity contribution in [2.75, 3.05) is 19.1 Å². The molecule has 6 heteroatoms. The molecule has 0 aliphatic heterocycles. The summed E-state index contributed by atoms with van der Waals surface area (Å²) < 4.78 is 6.92. The lowest BCUT2D eigenvalue weighted by Crippen LogP contribution is -2.27. The van der Waals surface area contributed by atoms with Gasteiger partial charge in [-0.15, -0.1) is 5.10 Å². The molecule has 0 bridgehead atoms. The number of hydrogen-bond donors (Lipinski definition) is 0. The Labute approximate surface area is 146 Å². The molecule has 128 valence electrons. The van der Waals surface area contributed by atoms with Gasteiger partial charge in [-0.05, 0) is 31.2 Å². The molecule has 3 aromatic rings. The van der Waals surface area contributed by atoms with Crippen LogP contribution in [0.5, 0.6) is 0 Å². The van der Waals surface area contributed by atoms with Crippen molar-refractivity contribution in [2.24, 2.45) is 0 Å². The van der Waals surface area contributed by atoms with Gasteiger partial charge in [0.25, 0.3) is 5.91 Å². The number of nitrogens with zero attached hydrogens (tertiary/aromatic N) is 4. The van der Waals surface area contributed by atoms with Crippen LogP contribution in [0.3, 0.4) is 0 Å². The van der Waals surface area contributed by atoms with Crippen LogP contribution in [0.2, 0.25) is 0 Å². The highest BCUT2D eigenvalue weighted by Crippen LogP contribution is 2.19. The average molecular weight is 336 g/mol. The van der Waals surface area contributed by atoms with E-state index in [2.05, 4.69) is 10.3 Å². The second-order valence-corrected chi connectivity index (χ2v) is 5.76. The number of ether oxygens (including phenoxy) is 1. The Morgan fingerprint density at radius 3 is 2.44 bits per heavy atom. The lowest BCUT2D eigenvalue weighted by atomic mass is 10.2. The number of aryl methyl sites for hydroxylation is 1. The monoisotopic (exact) mass is 336 g/mol. The largest absolute Gasteiger partial charge is 0.378 e. The van der Waals surface area contributed by atoms with Crippen molar-refractivity contribution >= 4 is 11.6 Å². The third-order valence-electron chi connectivity index (χ3n) is 3.97. The summed E-state index contributed by atoms with van der Waals surface area (Å²) in [6, 6.07) is 17.3. The fourth-order valence-corrected chi connectivity index (χ4v) is 2.56. The van der Waals surface area contributed by atoms with Crippen molar-refractivity contribution in [3.05, 3.63) is 71.5 Å². The van der Waals surface area contributed by atoms with E-state index in [0.717, 1.165) is 16.9 Å². The Balaban J connectivity index is 1.99.